The molecule has 3 nitrogen and oxygen atoms in total. The molecule has 1 heterocycles. The number of aliphatic hydroxyl groups is 1. The third-order valence-corrected chi connectivity index (χ3v) is 1.70. The van der Waals surface area contributed by atoms with Gasteiger partial charge in [-0.05, 0) is 19.9 Å². The second-order valence-corrected chi connectivity index (χ2v) is 3.51. The van der Waals surface area contributed by atoms with Gasteiger partial charge in [-0.3, -0.25) is 4.98 Å². The Bertz CT molecular complexity index is 240. The Morgan fingerprint density at radius 3 is 2.67 bits per heavy atom. The Hall–Kier alpha value is -0.930. The number of aliphatic hydroxyl groups excluding tert-OH is 1. The van der Waals surface area contributed by atoms with Gasteiger partial charge in [-0.1, -0.05) is 6.07 Å². The lowest BCUT2D eigenvalue weighted by atomic mass is 9.94. The lowest BCUT2D eigenvalue weighted by Crippen LogP contribution is -2.39. The van der Waals surface area contributed by atoms with Crippen LogP contribution in [0.3, 0.4) is 0 Å². The van der Waals surface area contributed by atoms with Gasteiger partial charge in [0.2, 0.25) is 0 Å². The highest BCUT2D eigenvalue weighted by molar-refractivity contribution is 5.15. The number of nitrogens with zero attached hydrogens (tertiary/aromatic N) is 1. The topological polar surface area (TPSA) is 59.1 Å². The van der Waals surface area contributed by atoms with Gasteiger partial charge in [-0.2, -0.15) is 0 Å². The zero-order valence-electron chi connectivity index (χ0n) is 7.36. The van der Waals surface area contributed by atoms with Crippen LogP contribution in [-0.4, -0.2) is 15.6 Å². The minimum Gasteiger partial charge on any atom is -0.386 e. The van der Waals surface area contributed by atoms with Crippen LogP contribution in [0.25, 0.3) is 0 Å². The second-order valence-electron chi connectivity index (χ2n) is 3.51. The monoisotopic (exact) mass is 166 g/mol. The fourth-order valence-corrected chi connectivity index (χ4v) is 0.967. The molecule has 3 N–H and O–H groups in total. The molecule has 1 unspecified atom stereocenters. The van der Waals surface area contributed by atoms with Crippen molar-refractivity contribution in [2.24, 2.45) is 5.73 Å². The van der Waals surface area contributed by atoms with Gasteiger partial charge in [0.05, 0.1) is 6.10 Å². The van der Waals surface area contributed by atoms with Crippen LogP contribution in [0.4, 0.5) is 0 Å². The molecule has 1 aromatic heterocycles. The fourth-order valence-electron chi connectivity index (χ4n) is 0.967. The average molecular weight is 166 g/mol. The normalized spacial score (nSPS) is 14.3. The van der Waals surface area contributed by atoms with Crippen LogP contribution in [0.15, 0.2) is 24.5 Å². The first-order chi connectivity index (χ1) is 5.52. The molecule has 1 aromatic rings. The number of nitrogens with two attached hydrogens (primary N) is 1. The van der Waals surface area contributed by atoms with Crippen LogP contribution in [-0.2, 0) is 0 Å². The minimum absolute atomic E-state index is 0.622. The molecule has 0 aliphatic carbocycles. The van der Waals surface area contributed by atoms with Crippen LogP contribution in [0.2, 0.25) is 0 Å². The van der Waals surface area contributed by atoms with Crippen molar-refractivity contribution < 1.29 is 5.11 Å². The molecule has 3 heteroatoms. The average Bonchev–Trinajstić information content (AvgIpc) is 2.03. The third-order valence-electron chi connectivity index (χ3n) is 1.70. The largest absolute Gasteiger partial charge is 0.386 e. The number of pyridine rings is 1. The molecule has 0 amide bonds. The number of hydrogen-bond acceptors (Lipinski definition) is 3. The Kier molecular flexibility index (Phi) is 2.45. The maximum absolute atomic E-state index is 9.69. The van der Waals surface area contributed by atoms with E-state index in [1.807, 2.05) is 6.07 Å². The van der Waals surface area contributed by atoms with Crippen molar-refractivity contribution in [1.29, 1.82) is 0 Å². The predicted octanol–water partition coefficient (Wildman–Crippen LogP) is 0.852. The molecule has 0 aliphatic rings. The summed E-state index contributed by atoms with van der Waals surface area (Å²) in [5, 5.41) is 9.69. The summed E-state index contributed by atoms with van der Waals surface area (Å²) in [6.07, 6.45) is 2.63. The lowest BCUT2D eigenvalue weighted by molar-refractivity contribution is 0.104. The van der Waals surface area contributed by atoms with E-state index in [1.165, 1.54) is 0 Å². The van der Waals surface area contributed by atoms with E-state index in [9.17, 15) is 5.11 Å². The Balaban J connectivity index is 2.86. The summed E-state index contributed by atoms with van der Waals surface area (Å²) in [4.78, 5) is 3.90. The van der Waals surface area contributed by atoms with Crippen LogP contribution in [0, 0.1) is 0 Å². The Morgan fingerprint density at radius 2 is 2.25 bits per heavy atom. The summed E-state index contributed by atoms with van der Waals surface area (Å²) in [6, 6.07) is 3.59. The molecule has 0 bridgehead atoms. The van der Waals surface area contributed by atoms with E-state index in [0.29, 0.717) is 0 Å². The molecular weight excluding hydrogens is 152 g/mol. The quantitative estimate of drug-likeness (QED) is 0.684. The van der Waals surface area contributed by atoms with Crippen molar-refractivity contribution in [3.05, 3.63) is 30.1 Å². The smallest absolute Gasteiger partial charge is 0.0978 e. The van der Waals surface area contributed by atoms with Crippen molar-refractivity contribution in [2.75, 3.05) is 0 Å². The van der Waals surface area contributed by atoms with Crippen molar-refractivity contribution >= 4 is 0 Å². The molecular formula is C9H14N2O. The zero-order chi connectivity index (χ0) is 9.19. The lowest BCUT2D eigenvalue weighted by Gasteiger charge is -2.25. The van der Waals surface area contributed by atoms with E-state index < -0.39 is 11.6 Å². The summed E-state index contributed by atoms with van der Waals surface area (Å²) >= 11 is 0. The molecule has 0 spiro atoms. The van der Waals surface area contributed by atoms with E-state index in [-0.39, 0.29) is 0 Å². The molecule has 0 aromatic carbocycles. The summed E-state index contributed by atoms with van der Waals surface area (Å²) < 4.78 is 0. The molecule has 12 heavy (non-hydrogen) atoms. The van der Waals surface area contributed by atoms with Gasteiger partial charge in [0.25, 0.3) is 0 Å². The minimum atomic E-state index is -0.661. The molecule has 66 valence electrons. The first-order valence-corrected chi connectivity index (χ1v) is 3.88. The second kappa shape index (κ2) is 3.21. The SMILES string of the molecule is CC(C)(N)C(O)c1cccnc1. The Labute approximate surface area is 72.2 Å². The molecule has 0 aliphatic heterocycles. The van der Waals surface area contributed by atoms with Gasteiger partial charge in [0, 0.05) is 23.5 Å². The highest BCUT2D eigenvalue weighted by Gasteiger charge is 2.23. The summed E-state index contributed by atoms with van der Waals surface area (Å²) in [5.74, 6) is 0. The van der Waals surface area contributed by atoms with Gasteiger partial charge in [0.15, 0.2) is 0 Å². The maximum atomic E-state index is 9.69. The van der Waals surface area contributed by atoms with Crippen molar-refractivity contribution in [1.82, 2.24) is 4.98 Å². The number of aromatic nitrogens is 1. The van der Waals surface area contributed by atoms with E-state index in [2.05, 4.69) is 4.98 Å². The van der Waals surface area contributed by atoms with E-state index in [1.54, 1.807) is 32.3 Å². The van der Waals surface area contributed by atoms with Crippen LogP contribution < -0.4 is 5.73 Å². The summed E-state index contributed by atoms with van der Waals surface area (Å²) in [5.41, 5.74) is 5.87. The molecule has 1 atom stereocenters. The van der Waals surface area contributed by atoms with Gasteiger partial charge in [0.1, 0.15) is 0 Å². The highest BCUT2D eigenvalue weighted by Crippen LogP contribution is 2.21. The first-order valence-electron chi connectivity index (χ1n) is 3.88. The summed E-state index contributed by atoms with van der Waals surface area (Å²) in [7, 11) is 0. The molecule has 0 saturated heterocycles. The van der Waals surface area contributed by atoms with Gasteiger partial charge >= 0.3 is 0 Å². The van der Waals surface area contributed by atoms with Crippen LogP contribution in [0.5, 0.6) is 0 Å². The number of hydrogen-bond donors (Lipinski definition) is 2. The van der Waals surface area contributed by atoms with E-state index in [4.69, 9.17) is 5.73 Å². The van der Waals surface area contributed by atoms with E-state index >= 15 is 0 Å². The number of rotatable bonds is 2. The maximum Gasteiger partial charge on any atom is 0.0978 e. The Morgan fingerprint density at radius 1 is 1.58 bits per heavy atom. The molecule has 0 radical (unpaired) electrons. The van der Waals surface area contributed by atoms with Crippen molar-refractivity contribution in [2.45, 2.75) is 25.5 Å². The molecule has 1 rings (SSSR count). The highest BCUT2D eigenvalue weighted by atomic mass is 16.3. The fraction of sp³-hybridized carbons (Fsp3) is 0.444. The molecule has 0 fully saturated rings. The van der Waals surface area contributed by atoms with Gasteiger partial charge in [-0.15, -0.1) is 0 Å². The van der Waals surface area contributed by atoms with Crippen molar-refractivity contribution in [3.63, 3.8) is 0 Å². The summed E-state index contributed by atoms with van der Waals surface area (Å²) in [6.45, 7) is 3.56. The molecule has 0 saturated carbocycles. The van der Waals surface area contributed by atoms with Crippen molar-refractivity contribution in [3.8, 4) is 0 Å². The zero-order valence-corrected chi connectivity index (χ0v) is 7.36. The van der Waals surface area contributed by atoms with Gasteiger partial charge in [-0.25, -0.2) is 0 Å². The van der Waals surface area contributed by atoms with Gasteiger partial charge < -0.3 is 10.8 Å². The first kappa shape index (κ1) is 9.16. The van der Waals surface area contributed by atoms with Crippen LogP contribution in [0.1, 0.15) is 25.5 Å². The van der Waals surface area contributed by atoms with Crippen LogP contribution >= 0.6 is 0 Å². The van der Waals surface area contributed by atoms with E-state index in [0.717, 1.165) is 5.56 Å². The predicted molar refractivity (Wildman–Crippen MR) is 47.5 cm³/mol. The third kappa shape index (κ3) is 2.03. The standard InChI is InChI=1S/C9H14N2O/c1-9(2,10)8(12)7-4-3-5-11-6-7/h3-6,8,12H,10H2,1-2H3.